The van der Waals surface area contributed by atoms with Gasteiger partial charge in [-0.05, 0) is 43.1 Å². The molecule has 7 heteroatoms. The molecule has 0 aromatic heterocycles. The van der Waals surface area contributed by atoms with Gasteiger partial charge in [0.15, 0.2) is 0 Å². The molecule has 1 aromatic rings. The van der Waals surface area contributed by atoms with E-state index in [9.17, 15) is 12.8 Å². The number of nitrogens with one attached hydrogen (secondary N) is 1. The van der Waals surface area contributed by atoms with Gasteiger partial charge in [-0.2, -0.15) is 0 Å². The van der Waals surface area contributed by atoms with E-state index in [0.29, 0.717) is 18.1 Å². The van der Waals surface area contributed by atoms with Gasteiger partial charge in [0, 0.05) is 24.2 Å². The van der Waals surface area contributed by atoms with E-state index in [4.69, 9.17) is 11.6 Å². The van der Waals surface area contributed by atoms with E-state index in [-0.39, 0.29) is 11.9 Å². The lowest BCUT2D eigenvalue weighted by molar-refractivity contribution is 0.194. The Labute approximate surface area is 124 Å². The summed E-state index contributed by atoms with van der Waals surface area (Å²) < 4.78 is 38.4. The third-order valence-electron chi connectivity index (χ3n) is 3.29. The molecule has 0 spiro atoms. The maximum atomic E-state index is 13.2. The Morgan fingerprint density at radius 2 is 2.25 bits per heavy atom. The Hall–Kier alpha value is -0.690. The lowest BCUT2D eigenvalue weighted by atomic mass is 10.1. The minimum atomic E-state index is -3.20. The first-order valence-corrected chi connectivity index (χ1v) is 8.74. The zero-order valence-corrected chi connectivity index (χ0v) is 12.8. The monoisotopic (exact) mass is 320 g/mol. The minimum absolute atomic E-state index is 0.0916. The number of hydrogen-bond acceptors (Lipinski definition) is 3. The topological polar surface area (TPSA) is 49.4 Å². The second-order valence-electron chi connectivity index (χ2n) is 5.20. The van der Waals surface area contributed by atoms with Crippen LogP contribution in [0.2, 0.25) is 5.02 Å². The van der Waals surface area contributed by atoms with Gasteiger partial charge in [0.1, 0.15) is 5.82 Å². The number of rotatable bonds is 4. The zero-order chi connectivity index (χ0) is 14.8. The highest BCUT2D eigenvalue weighted by molar-refractivity contribution is 7.88. The van der Waals surface area contributed by atoms with Gasteiger partial charge in [0.25, 0.3) is 0 Å². The fourth-order valence-electron chi connectivity index (χ4n) is 2.50. The summed E-state index contributed by atoms with van der Waals surface area (Å²) in [6, 6.07) is 4.21. The molecule has 4 nitrogen and oxygen atoms in total. The van der Waals surface area contributed by atoms with Gasteiger partial charge < -0.3 is 0 Å². The van der Waals surface area contributed by atoms with Gasteiger partial charge in [-0.25, -0.2) is 17.5 Å². The molecule has 1 atom stereocenters. The minimum Gasteiger partial charge on any atom is -0.297 e. The molecule has 20 heavy (non-hydrogen) atoms. The van der Waals surface area contributed by atoms with E-state index < -0.39 is 10.0 Å². The first-order chi connectivity index (χ1) is 9.33. The van der Waals surface area contributed by atoms with Gasteiger partial charge in [-0.15, -0.1) is 0 Å². The van der Waals surface area contributed by atoms with Gasteiger partial charge in [-0.3, -0.25) is 4.90 Å². The fourth-order valence-corrected chi connectivity index (χ4v) is 3.48. The van der Waals surface area contributed by atoms with Crippen molar-refractivity contribution in [1.29, 1.82) is 0 Å². The van der Waals surface area contributed by atoms with Gasteiger partial charge in [0.2, 0.25) is 10.0 Å². The Balaban J connectivity index is 2.01. The molecule has 1 saturated heterocycles. The highest BCUT2D eigenvalue weighted by Crippen LogP contribution is 2.21. The van der Waals surface area contributed by atoms with Crippen LogP contribution in [-0.2, 0) is 16.6 Å². The molecule has 0 aliphatic carbocycles. The van der Waals surface area contributed by atoms with E-state index >= 15 is 0 Å². The van der Waals surface area contributed by atoms with E-state index in [1.54, 1.807) is 6.07 Å². The molecular formula is C13H18ClFN2O2S. The molecule has 2 rings (SSSR count). The largest absolute Gasteiger partial charge is 0.297 e. The van der Waals surface area contributed by atoms with E-state index in [1.807, 2.05) is 0 Å². The molecule has 1 aromatic carbocycles. The van der Waals surface area contributed by atoms with Crippen LogP contribution < -0.4 is 4.72 Å². The number of halogens is 2. The molecule has 0 radical (unpaired) electrons. The number of sulfonamides is 1. The average molecular weight is 321 g/mol. The predicted molar refractivity (Wildman–Crippen MR) is 77.7 cm³/mol. The van der Waals surface area contributed by atoms with Gasteiger partial charge in [-0.1, -0.05) is 11.6 Å². The molecular weight excluding hydrogens is 303 g/mol. The van der Waals surface area contributed by atoms with Gasteiger partial charge >= 0.3 is 0 Å². The summed E-state index contributed by atoms with van der Waals surface area (Å²) in [6.07, 6.45) is 2.88. The molecule has 1 aliphatic heterocycles. The summed E-state index contributed by atoms with van der Waals surface area (Å²) in [4.78, 5) is 2.09. The van der Waals surface area contributed by atoms with E-state index in [1.165, 1.54) is 12.1 Å². The predicted octanol–water partition coefficient (Wildman–Crippen LogP) is 1.99. The molecule has 112 valence electrons. The molecule has 1 N–H and O–H groups in total. The standard InChI is InChI=1S/C13H18ClFN2O2S/c1-20(18,19)16-12-3-2-6-17(9-12)8-10-7-11(15)4-5-13(10)14/h4-5,7,12,16H,2-3,6,8-9H2,1H3/t12-/m1/s1. The van der Waals surface area contributed by atoms with Crippen molar-refractivity contribution in [3.63, 3.8) is 0 Å². The molecule has 0 amide bonds. The van der Waals surface area contributed by atoms with Crippen molar-refractivity contribution in [3.05, 3.63) is 34.6 Å². The molecule has 0 unspecified atom stereocenters. The van der Waals surface area contributed by atoms with Crippen molar-refractivity contribution in [2.24, 2.45) is 0 Å². The van der Waals surface area contributed by atoms with Crippen LogP contribution >= 0.6 is 11.6 Å². The third kappa shape index (κ3) is 4.70. The van der Waals surface area contributed by atoms with Crippen molar-refractivity contribution in [3.8, 4) is 0 Å². The highest BCUT2D eigenvalue weighted by atomic mass is 35.5. The highest BCUT2D eigenvalue weighted by Gasteiger charge is 2.22. The SMILES string of the molecule is CS(=O)(=O)N[C@@H]1CCCN(Cc2cc(F)ccc2Cl)C1. The average Bonchev–Trinajstić information content (AvgIpc) is 2.32. The summed E-state index contributed by atoms with van der Waals surface area (Å²) in [5.74, 6) is -0.313. The summed E-state index contributed by atoms with van der Waals surface area (Å²) in [7, 11) is -3.20. The van der Waals surface area contributed by atoms with Crippen LogP contribution in [-0.4, -0.2) is 38.7 Å². The van der Waals surface area contributed by atoms with Crippen molar-refractivity contribution in [1.82, 2.24) is 9.62 Å². The molecule has 1 heterocycles. The first-order valence-electron chi connectivity index (χ1n) is 6.47. The first kappa shape index (κ1) is 15.7. The second-order valence-corrected chi connectivity index (χ2v) is 7.39. The normalized spacial score (nSPS) is 21.1. The van der Waals surface area contributed by atoms with E-state index in [0.717, 1.165) is 31.2 Å². The van der Waals surface area contributed by atoms with Gasteiger partial charge in [0.05, 0.1) is 6.26 Å². The van der Waals surface area contributed by atoms with Crippen LogP contribution in [0.4, 0.5) is 4.39 Å². The third-order valence-corrected chi connectivity index (χ3v) is 4.42. The summed E-state index contributed by atoms with van der Waals surface area (Å²) >= 11 is 6.05. The Kier molecular flexibility index (Phi) is 5.01. The zero-order valence-electron chi connectivity index (χ0n) is 11.3. The Bertz CT molecular complexity index is 580. The van der Waals surface area contributed by atoms with Crippen LogP contribution in [0.5, 0.6) is 0 Å². The van der Waals surface area contributed by atoms with Crippen LogP contribution in [0.25, 0.3) is 0 Å². The molecule has 0 saturated carbocycles. The molecule has 1 fully saturated rings. The second kappa shape index (κ2) is 6.39. The van der Waals surface area contributed by atoms with E-state index in [2.05, 4.69) is 9.62 Å². The summed E-state index contributed by atoms with van der Waals surface area (Å²) in [5.41, 5.74) is 0.728. The maximum absolute atomic E-state index is 13.2. The smallest absolute Gasteiger partial charge is 0.208 e. The van der Waals surface area contributed by atoms with Crippen molar-refractivity contribution in [2.45, 2.75) is 25.4 Å². The lowest BCUT2D eigenvalue weighted by Crippen LogP contribution is -2.47. The summed E-state index contributed by atoms with van der Waals surface area (Å²) in [5, 5.41) is 0.532. The van der Waals surface area contributed by atoms with Crippen LogP contribution in [0, 0.1) is 5.82 Å². The number of nitrogens with zero attached hydrogens (tertiary/aromatic N) is 1. The molecule has 1 aliphatic rings. The lowest BCUT2D eigenvalue weighted by Gasteiger charge is -2.32. The fraction of sp³-hybridized carbons (Fsp3) is 0.538. The van der Waals surface area contributed by atoms with Crippen molar-refractivity contribution in [2.75, 3.05) is 19.3 Å². The maximum Gasteiger partial charge on any atom is 0.208 e. The van der Waals surface area contributed by atoms with Crippen molar-refractivity contribution >= 4 is 21.6 Å². The Morgan fingerprint density at radius 1 is 1.50 bits per heavy atom. The number of benzene rings is 1. The van der Waals surface area contributed by atoms with Crippen LogP contribution in [0.3, 0.4) is 0 Å². The molecule has 0 bridgehead atoms. The van der Waals surface area contributed by atoms with Crippen molar-refractivity contribution < 1.29 is 12.8 Å². The number of likely N-dealkylation sites (tertiary alicyclic amines) is 1. The van der Waals surface area contributed by atoms with Crippen LogP contribution in [0.15, 0.2) is 18.2 Å². The number of hydrogen-bond donors (Lipinski definition) is 1. The summed E-state index contributed by atoms with van der Waals surface area (Å²) in [6.45, 7) is 1.99. The quantitative estimate of drug-likeness (QED) is 0.923. The Morgan fingerprint density at radius 3 is 2.95 bits per heavy atom. The number of piperidine rings is 1. The van der Waals surface area contributed by atoms with Crippen LogP contribution in [0.1, 0.15) is 18.4 Å².